The van der Waals surface area contributed by atoms with Crippen molar-refractivity contribution in [2.24, 2.45) is 0 Å². The molecule has 0 fully saturated rings. The third kappa shape index (κ3) is 4.70. The highest BCUT2D eigenvalue weighted by Gasteiger charge is 2.17. The van der Waals surface area contributed by atoms with Crippen LogP contribution in [0.25, 0.3) is 75.1 Å². The lowest BCUT2D eigenvalue weighted by molar-refractivity contribution is 0.669. The van der Waals surface area contributed by atoms with Crippen LogP contribution in [-0.2, 0) is 0 Å². The van der Waals surface area contributed by atoms with Crippen LogP contribution in [0.5, 0.6) is 0 Å². The van der Waals surface area contributed by atoms with Gasteiger partial charge in [0.15, 0.2) is 0 Å². The number of fused-ring (bicyclic) bond motifs is 7. The Bertz CT molecular complexity index is 2820. The van der Waals surface area contributed by atoms with Gasteiger partial charge >= 0.3 is 0 Å². The summed E-state index contributed by atoms with van der Waals surface area (Å²) >= 11 is 1.87. The molecule has 3 heteroatoms. The average Bonchev–Trinajstić information content (AvgIpc) is 3.74. The zero-order valence-corrected chi connectivity index (χ0v) is 27.3. The maximum absolute atomic E-state index is 6.20. The van der Waals surface area contributed by atoms with Crippen LogP contribution in [0, 0.1) is 0 Å². The van der Waals surface area contributed by atoms with Crippen LogP contribution < -0.4 is 4.90 Å². The smallest absolute Gasteiger partial charge is 0.135 e. The number of nitrogens with zero attached hydrogens (tertiary/aromatic N) is 1. The van der Waals surface area contributed by atoms with E-state index in [1.165, 1.54) is 53.2 Å². The lowest BCUT2D eigenvalue weighted by Gasteiger charge is -2.26. The number of hydrogen-bond acceptors (Lipinski definition) is 3. The van der Waals surface area contributed by atoms with E-state index < -0.39 is 0 Å². The molecule has 0 atom stereocenters. The van der Waals surface area contributed by atoms with Gasteiger partial charge in [-0.3, -0.25) is 0 Å². The van der Waals surface area contributed by atoms with Crippen molar-refractivity contribution in [2.75, 3.05) is 4.90 Å². The maximum Gasteiger partial charge on any atom is 0.135 e. The molecule has 0 N–H and O–H groups in total. The van der Waals surface area contributed by atoms with Gasteiger partial charge in [0.1, 0.15) is 11.2 Å². The molecule has 0 aliphatic heterocycles. The Hall–Kier alpha value is -6.16. The van der Waals surface area contributed by atoms with Crippen molar-refractivity contribution in [3.63, 3.8) is 0 Å². The van der Waals surface area contributed by atoms with Crippen LogP contribution in [0.15, 0.2) is 180 Å². The van der Waals surface area contributed by atoms with E-state index in [1.807, 2.05) is 23.5 Å². The summed E-state index contributed by atoms with van der Waals surface area (Å²) in [5.41, 5.74) is 9.95. The molecule has 0 spiro atoms. The predicted molar refractivity (Wildman–Crippen MR) is 210 cm³/mol. The number of benzene rings is 8. The first-order valence-electron chi connectivity index (χ1n) is 16.6. The molecule has 0 saturated heterocycles. The second-order valence-electron chi connectivity index (χ2n) is 12.6. The number of anilines is 3. The molecule has 0 amide bonds. The molecule has 10 aromatic rings. The zero-order chi connectivity index (χ0) is 32.3. The maximum atomic E-state index is 6.20. The molecule has 8 aromatic carbocycles. The topological polar surface area (TPSA) is 16.4 Å². The summed E-state index contributed by atoms with van der Waals surface area (Å²) in [6.07, 6.45) is 0. The van der Waals surface area contributed by atoms with Crippen LogP contribution in [0.4, 0.5) is 17.1 Å². The highest BCUT2D eigenvalue weighted by molar-refractivity contribution is 7.26. The SMILES string of the molecule is c1ccc2cc(-c3ccc(N(c4ccc(-c5cccc6c5sc5ccccc56)cc4)c4ccc5oc6ccccc6c5c4)cc3)ccc2c1. The van der Waals surface area contributed by atoms with Gasteiger partial charge in [-0.1, -0.05) is 115 Å². The molecule has 10 rings (SSSR count). The van der Waals surface area contributed by atoms with Crippen LogP contribution in [-0.4, -0.2) is 0 Å². The molecule has 0 saturated carbocycles. The second-order valence-corrected chi connectivity index (χ2v) is 13.6. The van der Waals surface area contributed by atoms with E-state index in [0.29, 0.717) is 0 Å². The van der Waals surface area contributed by atoms with Gasteiger partial charge in [0, 0.05) is 48.0 Å². The normalized spacial score (nSPS) is 11.7. The molecule has 2 nitrogen and oxygen atoms in total. The van der Waals surface area contributed by atoms with Gasteiger partial charge < -0.3 is 9.32 Å². The Morgan fingerprint density at radius 2 is 1.02 bits per heavy atom. The summed E-state index contributed by atoms with van der Waals surface area (Å²) in [6.45, 7) is 0. The van der Waals surface area contributed by atoms with Gasteiger partial charge in [-0.05, 0) is 93.7 Å². The Morgan fingerprint density at radius 3 is 1.86 bits per heavy atom. The minimum Gasteiger partial charge on any atom is -0.456 e. The van der Waals surface area contributed by atoms with Crippen molar-refractivity contribution in [1.82, 2.24) is 0 Å². The van der Waals surface area contributed by atoms with E-state index in [-0.39, 0.29) is 0 Å². The zero-order valence-electron chi connectivity index (χ0n) is 26.5. The van der Waals surface area contributed by atoms with E-state index in [9.17, 15) is 0 Å². The minimum absolute atomic E-state index is 0.892. The molecule has 49 heavy (non-hydrogen) atoms. The predicted octanol–water partition coefficient (Wildman–Crippen LogP) is 13.9. The summed E-state index contributed by atoms with van der Waals surface area (Å²) in [5, 5.41) is 7.37. The first-order chi connectivity index (χ1) is 24.3. The number of thiophene rings is 1. The first kappa shape index (κ1) is 27.9. The van der Waals surface area contributed by atoms with Crippen LogP contribution in [0.1, 0.15) is 0 Å². The van der Waals surface area contributed by atoms with Crippen molar-refractivity contribution < 1.29 is 4.42 Å². The minimum atomic E-state index is 0.892. The Balaban J connectivity index is 1.09. The number of hydrogen-bond donors (Lipinski definition) is 0. The molecule has 0 bridgehead atoms. The van der Waals surface area contributed by atoms with Gasteiger partial charge in [0.2, 0.25) is 0 Å². The molecule has 0 radical (unpaired) electrons. The lowest BCUT2D eigenvalue weighted by atomic mass is 10.0. The van der Waals surface area contributed by atoms with E-state index in [2.05, 4.69) is 169 Å². The molecule has 0 unspecified atom stereocenters. The Labute approximate surface area is 287 Å². The quantitative estimate of drug-likeness (QED) is 0.186. The molecule has 0 aliphatic rings. The third-order valence-electron chi connectivity index (χ3n) is 9.67. The molecule has 2 aromatic heterocycles. The monoisotopic (exact) mass is 643 g/mol. The fraction of sp³-hybridized carbons (Fsp3) is 0. The van der Waals surface area contributed by atoms with Crippen molar-refractivity contribution in [2.45, 2.75) is 0 Å². The van der Waals surface area contributed by atoms with Crippen LogP contribution in [0.3, 0.4) is 0 Å². The van der Waals surface area contributed by atoms with E-state index in [1.54, 1.807) is 0 Å². The van der Waals surface area contributed by atoms with Crippen molar-refractivity contribution in [3.05, 3.63) is 176 Å². The fourth-order valence-corrected chi connectivity index (χ4v) is 8.48. The van der Waals surface area contributed by atoms with Gasteiger partial charge in [-0.15, -0.1) is 11.3 Å². The highest BCUT2D eigenvalue weighted by Crippen LogP contribution is 2.42. The standard InChI is InChI=1S/C46H29NOS/c1-2-9-33-28-34(17-16-30(33)8-1)31-18-22-35(23-19-31)47(37-26-27-44-42(29-37)39-10-3-5-14-43(39)48-44)36-24-20-32(21-25-36)38-12-7-13-41-40-11-4-6-15-45(40)49-46(38)41/h1-29H. The van der Waals surface area contributed by atoms with E-state index in [4.69, 9.17) is 4.42 Å². The largest absolute Gasteiger partial charge is 0.456 e. The second kappa shape index (κ2) is 11.2. The summed E-state index contributed by atoms with van der Waals surface area (Å²) in [7, 11) is 0. The molecule has 2 heterocycles. The highest BCUT2D eigenvalue weighted by atomic mass is 32.1. The summed E-state index contributed by atoms with van der Waals surface area (Å²) in [5.74, 6) is 0. The summed E-state index contributed by atoms with van der Waals surface area (Å²) in [4.78, 5) is 2.34. The van der Waals surface area contributed by atoms with Gasteiger partial charge in [0.25, 0.3) is 0 Å². The van der Waals surface area contributed by atoms with Crippen LogP contribution in [0.2, 0.25) is 0 Å². The van der Waals surface area contributed by atoms with Crippen molar-refractivity contribution >= 4 is 81.3 Å². The Kier molecular flexibility index (Phi) is 6.39. The molecule has 230 valence electrons. The Morgan fingerprint density at radius 1 is 0.388 bits per heavy atom. The van der Waals surface area contributed by atoms with Crippen LogP contribution >= 0.6 is 11.3 Å². The summed E-state index contributed by atoms with van der Waals surface area (Å²) in [6, 6.07) is 63.3. The third-order valence-corrected chi connectivity index (χ3v) is 10.9. The summed E-state index contributed by atoms with van der Waals surface area (Å²) < 4.78 is 8.85. The number of rotatable bonds is 5. The average molecular weight is 644 g/mol. The molecule has 0 aliphatic carbocycles. The van der Waals surface area contributed by atoms with E-state index >= 15 is 0 Å². The van der Waals surface area contributed by atoms with Gasteiger partial charge in [-0.25, -0.2) is 0 Å². The van der Waals surface area contributed by atoms with Crippen molar-refractivity contribution in [1.29, 1.82) is 0 Å². The molecular formula is C46H29NOS. The van der Waals surface area contributed by atoms with Gasteiger partial charge in [-0.2, -0.15) is 0 Å². The number of para-hydroxylation sites is 1. The first-order valence-corrected chi connectivity index (χ1v) is 17.4. The molecular weight excluding hydrogens is 615 g/mol. The fourth-order valence-electron chi connectivity index (χ4n) is 7.24. The number of furan rings is 1. The van der Waals surface area contributed by atoms with E-state index in [0.717, 1.165) is 39.0 Å². The lowest BCUT2D eigenvalue weighted by Crippen LogP contribution is -2.09. The van der Waals surface area contributed by atoms with Gasteiger partial charge in [0.05, 0.1) is 0 Å². The van der Waals surface area contributed by atoms with Crippen molar-refractivity contribution in [3.8, 4) is 22.3 Å².